The number of ether oxygens (including phenoxy) is 10. The van der Waals surface area contributed by atoms with Crippen molar-refractivity contribution < 1.29 is 543 Å². The molecule has 9 aliphatic rings. The summed E-state index contributed by atoms with van der Waals surface area (Å²) in [6.07, 6.45) is 14.2. The van der Waals surface area contributed by atoms with Gasteiger partial charge < -0.3 is 47.4 Å². The summed E-state index contributed by atoms with van der Waals surface area (Å²) in [5.41, 5.74) is 8.80. The minimum absolute atomic E-state index is 0. The Bertz CT molecular complexity index is 4090. The van der Waals surface area contributed by atoms with Crippen LogP contribution in [0, 0.1) is 111 Å². The van der Waals surface area contributed by atoms with Gasteiger partial charge >= 0.3 is 482 Å². The third-order valence-corrected chi connectivity index (χ3v) is 31.9. The van der Waals surface area contributed by atoms with E-state index in [0.29, 0.717) is 117 Å². The van der Waals surface area contributed by atoms with Gasteiger partial charge in [-0.1, -0.05) is 214 Å². The number of halogens is 13. The minimum atomic E-state index is -0.482. The van der Waals surface area contributed by atoms with Crippen LogP contribution < -0.4 is 496 Å². The van der Waals surface area contributed by atoms with E-state index in [0.717, 1.165) is 119 Å². The summed E-state index contributed by atoms with van der Waals surface area (Å²) in [6.45, 7) is 31.8. The molecule has 7 aromatic carbocycles. The first-order valence-electron chi connectivity index (χ1n) is 41.2. The van der Waals surface area contributed by atoms with E-state index in [2.05, 4.69) is 104 Å². The molecule has 0 N–H and O–H groups in total. The van der Waals surface area contributed by atoms with Crippen molar-refractivity contribution in [1.29, 1.82) is 0 Å². The van der Waals surface area contributed by atoms with Crippen LogP contribution in [0.4, 0.5) is 13.2 Å². The summed E-state index contributed by atoms with van der Waals surface area (Å²) in [7, 11) is 0. The van der Waals surface area contributed by atoms with Gasteiger partial charge in [-0.3, -0.25) is 0 Å². The van der Waals surface area contributed by atoms with Crippen molar-refractivity contribution in [1.82, 2.24) is 0 Å². The van der Waals surface area contributed by atoms with Crippen LogP contribution in [0.5, 0.6) is 17.2 Å². The first-order valence-corrected chi connectivity index (χ1v) is 52.2. The number of fused-ring (bicyclic) bond motifs is 1. The van der Waals surface area contributed by atoms with Crippen molar-refractivity contribution in [2.24, 2.45) is 47.3 Å². The summed E-state index contributed by atoms with van der Waals surface area (Å²) in [5, 5.41) is 4.56. The molecule has 8 fully saturated rings. The second-order valence-electron chi connectivity index (χ2n) is 31.7. The predicted octanol–water partition coefficient (Wildman–Crippen LogP) is 12.5. The third-order valence-electron chi connectivity index (χ3n) is 20.4. The SMILES string of the molecule is CC(SC1C[C@@H](C)[CH-]O1)c1ccc(Cl)cc1.C[C@H]1[CH-]OC(SCc2cc(Cl)c(Cl)cc2Cl)C1.C[C@H]1[CH-]OC(SCc2cc(Cl)c(F)cc2Cl)C1.C[C@H]1[CH-]OC(SCc2cc(F)c(Cl)cc2Cl)C1.C[C@H]1[CH-]OC(SCc2cc(F)c(Cl)cc2Cl)C1.C[C@H]1[CH-]OC(SCc2ccc3c(c2)OCO3)C1.C[C@H]1[CH-]OC(SCc2cccc(OCC3CCCCC3)c2)C1.[Cs+].[Cs+].[Cs+].[Cs+].[Cs+].[Cs+].[Cs+]. The van der Waals surface area contributed by atoms with E-state index in [-0.39, 0.29) is 519 Å². The molecular formula is C93H106Cl10Cs7F3O10S7. The average Bonchev–Trinajstić information content (AvgIpc) is 1.74. The molecule has 8 heterocycles. The number of hydrogen-bond acceptors (Lipinski definition) is 17. The van der Waals surface area contributed by atoms with E-state index in [1.54, 1.807) is 59.2 Å². The summed E-state index contributed by atoms with van der Waals surface area (Å²) < 4.78 is 95.0. The zero-order valence-corrected chi connectivity index (χ0v) is 134. The fraction of sp³-hybridized carbons (Fsp3) is 0.473. The first-order chi connectivity index (χ1) is 59.0. The van der Waals surface area contributed by atoms with E-state index in [9.17, 15) is 13.2 Å². The molecule has 8 aliphatic heterocycles. The van der Waals surface area contributed by atoms with Crippen LogP contribution in [0.15, 0.2) is 115 Å². The molecule has 8 unspecified atom stereocenters. The molecule has 1 saturated carbocycles. The van der Waals surface area contributed by atoms with Gasteiger partial charge in [-0.25, -0.2) is 59.4 Å². The van der Waals surface area contributed by atoms with Crippen LogP contribution in [-0.4, -0.2) is 51.5 Å². The number of thioether (sulfide) groups is 7. The summed E-state index contributed by atoms with van der Waals surface area (Å²) in [5.74, 6) is 10.5. The smallest absolute Gasteiger partial charge is 0.542 e. The van der Waals surface area contributed by atoms with Gasteiger partial charge in [0.1, 0.15) is 23.2 Å². The molecule has 0 bridgehead atoms. The van der Waals surface area contributed by atoms with E-state index in [1.165, 1.54) is 79.1 Å². The molecule has 0 amide bonds. The molecule has 130 heavy (non-hydrogen) atoms. The van der Waals surface area contributed by atoms with E-state index >= 15 is 0 Å². The quantitative estimate of drug-likeness (QED) is 0.0424. The normalized spacial score (nSPS) is 23.9. The van der Waals surface area contributed by atoms with Crippen LogP contribution >= 0.6 is 198 Å². The number of benzene rings is 7. The van der Waals surface area contributed by atoms with Crippen molar-refractivity contribution in [3.05, 3.63) is 268 Å². The molecule has 0 radical (unpaired) electrons. The second kappa shape index (κ2) is 75.9. The molecule has 1 aliphatic carbocycles. The van der Waals surface area contributed by atoms with Crippen LogP contribution in [0.2, 0.25) is 50.2 Å². The van der Waals surface area contributed by atoms with Gasteiger partial charge in [0.2, 0.25) is 6.79 Å². The predicted molar refractivity (Wildman–Crippen MR) is 518 cm³/mol. The van der Waals surface area contributed by atoms with Crippen LogP contribution in [0.25, 0.3) is 0 Å². The van der Waals surface area contributed by atoms with Crippen molar-refractivity contribution >= 4 is 198 Å². The monoisotopic (exact) mass is 2940 g/mol. The Morgan fingerprint density at radius 1 is 0.346 bits per heavy atom. The summed E-state index contributed by atoms with van der Waals surface area (Å²) >= 11 is 71.0. The van der Waals surface area contributed by atoms with E-state index < -0.39 is 17.5 Å². The van der Waals surface area contributed by atoms with Gasteiger partial charge in [-0.2, -0.15) is 0 Å². The second-order valence-corrected chi connectivity index (χ2v) is 44.2. The number of hydrogen-bond donors (Lipinski definition) is 0. The molecule has 0 spiro atoms. The van der Waals surface area contributed by atoms with Crippen LogP contribution in [-0.2, 0) is 67.7 Å². The van der Waals surface area contributed by atoms with Crippen molar-refractivity contribution in [3.8, 4) is 17.2 Å². The van der Waals surface area contributed by atoms with Gasteiger partial charge in [0.15, 0.2) is 11.5 Å². The maximum absolute atomic E-state index is 13.3. The largest absolute Gasteiger partial charge is 1.00 e. The first kappa shape index (κ1) is 137. The maximum Gasteiger partial charge on any atom is 1.00 e. The molecule has 16 rings (SSSR count). The Morgan fingerprint density at radius 3 is 1.08 bits per heavy atom. The zero-order chi connectivity index (χ0) is 88.1. The Labute approximate surface area is 1260 Å². The fourth-order valence-corrected chi connectivity index (χ4v) is 24.1. The number of rotatable bonds is 24. The standard InChI is InChI=1S/C19H27O2S.C13H16ClOS.C13H15O3S.C12H12Cl3OS.3C12H12Cl2FOS.7Cs/c1-15-10-19(21-12-15)22-14-17-8-5-9-18(11-17)20-13-16-6-3-2-4-7-16;1-9-7-13(15-8-9)16-10(2)11-3-5-12(14)6-4-11;1-9-4-13(14-6-9)17-7-10-2-3-11-12(5-10)16-8-15-11;1-7-2-12(16-5-7)17-6-8-3-10(14)11(15)4-9(8)13;2*1-7-2-12(16-5-7)17-6-8-3-11(15)10(14)4-9(8)13;1-7-2-12(16-5-7)17-6-8-3-10(14)11(15)4-9(8)13;;;;;;;/h5,8-9,11-12,15-16,19H,2-4,6-7,10,13-14H2,1H3;3-6,8-10,13H,7H2,1-2H3;2-3,5-6,9,13H,4,7-8H2,1H3;4*3-5,7,12H,2,6H2,1H3;;;;;;;/q7*-1;7*+1/t15-,19?;9-,10?,13?;9-,13?;4*7-,12?;;;;;;;/m1111111......./s1. The Hall–Kier alpha value is 13.2. The molecule has 15 atom stereocenters. The molecule has 678 valence electrons. The van der Waals surface area contributed by atoms with Gasteiger partial charge in [0.05, 0.1) is 69.8 Å². The third kappa shape index (κ3) is 52.4. The summed E-state index contributed by atoms with van der Waals surface area (Å²) in [4.78, 5) is 0. The fourth-order valence-electron chi connectivity index (χ4n) is 13.4. The molecule has 7 saturated heterocycles. The van der Waals surface area contributed by atoms with Crippen LogP contribution in [0.3, 0.4) is 0 Å². The van der Waals surface area contributed by atoms with E-state index in [4.69, 9.17) is 163 Å². The maximum atomic E-state index is 13.3. The minimum Gasteiger partial charge on any atom is -0.542 e. The Kier molecular flexibility index (Phi) is 80.2. The Morgan fingerprint density at radius 2 is 0.677 bits per heavy atom. The van der Waals surface area contributed by atoms with Crippen LogP contribution in [0.1, 0.15) is 177 Å². The van der Waals surface area contributed by atoms with Crippen molar-refractivity contribution in [2.75, 3.05) is 13.4 Å². The van der Waals surface area contributed by atoms with Crippen molar-refractivity contribution in [3.63, 3.8) is 0 Å². The van der Waals surface area contributed by atoms with E-state index in [1.807, 2.05) is 106 Å². The van der Waals surface area contributed by atoms with Gasteiger partial charge in [0, 0.05) is 64.9 Å². The van der Waals surface area contributed by atoms with Gasteiger partial charge in [0.25, 0.3) is 0 Å². The summed E-state index contributed by atoms with van der Waals surface area (Å²) in [6, 6.07) is 34.7. The molecule has 0 aromatic heterocycles. The van der Waals surface area contributed by atoms with Gasteiger partial charge in [-0.05, 0) is 195 Å². The topological polar surface area (TPSA) is 92.3 Å². The molecule has 7 aromatic rings. The molecule has 37 heteroatoms. The molecular weight excluding hydrogens is 2840 g/mol. The Balaban J connectivity index is 0.000000388. The zero-order valence-electron chi connectivity index (χ0n) is 76.7. The average molecular weight is 2950 g/mol. The molecule has 10 nitrogen and oxygen atoms in total. The van der Waals surface area contributed by atoms with Gasteiger partial charge in [-0.15, -0.1) is 124 Å². The van der Waals surface area contributed by atoms with Crippen molar-refractivity contribution in [2.45, 2.75) is 210 Å².